The number of allylic oxidation sites excluding steroid dienone is 1. The lowest BCUT2D eigenvalue weighted by Crippen LogP contribution is -2.38. The summed E-state index contributed by atoms with van der Waals surface area (Å²) in [6.45, 7) is 2.53. The SMILES string of the molecule is O=C(NS(=O)(=O)c1ccc(NCC2(F)CCOCC2)c([N+](=O)[O-])c1)c1ccc(C2=CCC(N3CCCC3)CC2)cc1Oc1cnc2[nH]ccc2c1. The van der Waals surface area contributed by atoms with Crippen LogP contribution in [-0.4, -0.2) is 78.7 Å². The first-order valence-electron chi connectivity index (χ1n) is 17.1. The highest BCUT2D eigenvalue weighted by Gasteiger charge is 2.33. The Morgan fingerprint density at radius 1 is 1.14 bits per heavy atom. The van der Waals surface area contributed by atoms with Crippen molar-refractivity contribution in [2.24, 2.45) is 0 Å². The molecule has 2 fully saturated rings. The molecule has 2 aromatic carbocycles. The topological polar surface area (TPSA) is 169 Å². The maximum Gasteiger partial charge on any atom is 0.293 e. The molecule has 4 aromatic rings. The van der Waals surface area contributed by atoms with Crippen LogP contribution in [0.5, 0.6) is 11.5 Å². The van der Waals surface area contributed by atoms with Crippen LogP contribution in [-0.2, 0) is 14.8 Å². The largest absolute Gasteiger partial charge is 0.455 e. The minimum atomic E-state index is -4.59. The van der Waals surface area contributed by atoms with E-state index in [1.807, 2.05) is 10.8 Å². The van der Waals surface area contributed by atoms with E-state index in [2.05, 4.69) is 26.3 Å². The molecule has 268 valence electrons. The van der Waals surface area contributed by atoms with Crippen LogP contribution in [0.15, 0.2) is 71.9 Å². The Morgan fingerprint density at radius 2 is 1.94 bits per heavy atom. The predicted octanol–water partition coefficient (Wildman–Crippen LogP) is 6.34. The number of aromatic amines is 1. The molecule has 4 heterocycles. The Labute approximate surface area is 294 Å². The molecule has 0 saturated carbocycles. The Kier molecular flexibility index (Phi) is 9.77. The fourth-order valence-electron chi connectivity index (χ4n) is 7.00. The fourth-order valence-corrected chi connectivity index (χ4v) is 7.99. The second kappa shape index (κ2) is 14.4. The second-order valence-electron chi connectivity index (χ2n) is 13.3. The number of pyridine rings is 1. The molecule has 2 saturated heterocycles. The first kappa shape index (κ1) is 34.6. The summed E-state index contributed by atoms with van der Waals surface area (Å²) >= 11 is 0. The number of likely N-dealkylation sites (tertiary alicyclic amines) is 1. The number of alkyl halides is 1. The van der Waals surface area contributed by atoms with Gasteiger partial charge in [-0.05, 0) is 92.7 Å². The monoisotopic (exact) mass is 718 g/mol. The van der Waals surface area contributed by atoms with Crippen LogP contribution in [0.1, 0.15) is 60.9 Å². The van der Waals surface area contributed by atoms with Gasteiger partial charge in [0.05, 0.1) is 21.6 Å². The number of nitrogens with zero attached hydrogens (tertiary/aromatic N) is 3. The van der Waals surface area contributed by atoms with E-state index in [1.165, 1.54) is 31.2 Å². The first-order valence-corrected chi connectivity index (χ1v) is 18.6. The Bertz CT molecular complexity index is 2090. The number of carbonyl (C=O) groups is 1. The van der Waals surface area contributed by atoms with E-state index in [0.29, 0.717) is 17.4 Å². The maximum absolute atomic E-state index is 15.1. The number of carbonyl (C=O) groups excluding carboxylic acids is 1. The smallest absolute Gasteiger partial charge is 0.293 e. The molecule has 3 aliphatic rings. The molecule has 1 atom stereocenters. The van der Waals surface area contributed by atoms with E-state index in [-0.39, 0.29) is 49.6 Å². The quantitative estimate of drug-likeness (QED) is 0.117. The summed E-state index contributed by atoms with van der Waals surface area (Å²) in [6.07, 6.45) is 11.0. The summed E-state index contributed by atoms with van der Waals surface area (Å²) < 4.78 is 55.5. The highest BCUT2D eigenvalue weighted by Crippen LogP contribution is 2.36. The van der Waals surface area contributed by atoms with Gasteiger partial charge in [0.15, 0.2) is 0 Å². The van der Waals surface area contributed by atoms with Crippen molar-refractivity contribution in [1.29, 1.82) is 0 Å². The van der Waals surface area contributed by atoms with Crippen LogP contribution in [0.25, 0.3) is 16.6 Å². The number of amides is 1. The van der Waals surface area contributed by atoms with Crippen molar-refractivity contribution in [3.8, 4) is 11.5 Å². The number of sulfonamides is 1. The highest BCUT2D eigenvalue weighted by atomic mass is 32.2. The molecule has 1 amide bonds. The Hall–Kier alpha value is -4.86. The third kappa shape index (κ3) is 7.75. The van der Waals surface area contributed by atoms with Gasteiger partial charge in [-0.1, -0.05) is 12.1 Å². The highest BCUT2D eigenvalue weighted by molar-refractivity contribution is 7.90. The lowest BCUT2D eigenvalue weighted by atomic mass is 9.89. The van der Waals surface area contributed by atoms with Gasteiger partial charge in [-0.2, -0.15) is 0 Å². The molecule has 3 N–H and O–H groups in total. The summed E-state index contributed by atoms with van der Waals surface area (Å²) in [5, 5.41) is 15.5. The van der Waals surface area contributed by atoms with E-state index < -0.39 is 37.1 Å². The van der Waals surface area contributed by atoms with E-state index in [9.17, 15) is 23.3 Å². The fraction of sp³-hybridized carbons (Fsp3) is 0.389. The lowest BCUT2D eigenvalue weighted by molar-refractivity contribution is -0.384. The van der Waals surface area contributed by atoms with Gasteiger partial charge in [0.1, 0.15) is 28.5 Å². The molecular formula is C36H39FN6O7S. The average Bonchev–Trinajstić information content (AvgIpc) is 3.84. The van der Waals surface area contributed by atoms with Crippen LogP contribution in [0, 0.1) is 10.1 Å². The molecule has 1 aliphatic carbocycles. The third-order valence-electron chi connectivity index (χ3n) is 9.93. The summed E-state index contributed by atoms with van der Waals surface area (Å²) in [7, 11) is -4.59. The average molecular weight is 719 g/mol. The molecular weight excluding hydrogens is 679 g/mol. The van der Waals surface area contributed by atoms with E-state index in [4.69, 9.17) is 9.47 Å². The van der Waals surface area contributed by atoms with Crippen molar-refractivity contribution in [2.75, 3.05) is 38.2 Å². The van der Waals surface area contributed by atoms with Crippen molar-refractivity contribution in [3.63, 3.8) is 0 Å². The number of halogens is 1. The Balaban J connectivity index is 1.14. The zero-order valence-corrected chi connectivity index (χ0v) is 28.7. The summed E-state index contributed by atoms with van der Waals surface area (Å²) in [5.41, 5.74) is 0.336. The number of H-pyrrole nitrogens is 1. The Morgan fingerprint density at radius 3 is 2.69 bits per heavy atom. The normalized spacial score (nSPS) is 19.4. The number of fused-ring (bicyclic) bond motifs is 1. The number of hydrogen-bond donors (Lipinski definition) is 3. The number of nitrogens with one attached hydrogen (secondary N) is 3. The number of rotatable bonds is 11. The van der Waals surface area contributed by atoms with Gasteiger partial charge >= 0.3 is 0 Å². The van der Waals surface area contributed by atoms with E-state index in [0.717, 1.165) is 61.0 Å². The number of anilines is 1. The molecule has 1 unspecified atom stereocenters. The molecule has 2 aliphatic heterocycles. The number of hydrogen-bond acceptors (Lipinski definition) is 10. The standard InChI is InChI=1S/C36H39FN6O7S/c37-36(12-17-49-18-13-36)23-40-31-10-8-29(21-32(31)43(45)46)51(47,48)41-35(44)30-9-5-25(24-3-6-27(7-4-24)42-15-1-2-16-42)20-33(30)50-28-19-26-11-14-38-34(26)39-22-28/h3,5,8-11,14,19-22,27,40H,1-2,4,6-7,12-13,15-18,23H2,(H,38,39)(H,41,44). The van der Waals surface area contributed by atoms with Gasteiger partial charge in [-0.3, -0.25) is 14.9 Å². The summed E-state index contributed by atoms with van der Waals surface area (Å²) in [4.78, 5) is 34.3. The van der Waals surface area contributed by atoms with Crippen molar-refractivity contribution in [2.45, 2.75) is 61.6 Å². The number of nitro benzene ring substituents is 1. The van der Waals surface area contributed by atoms with E-state index >= 15 is 4.39 Å². The number of nitro groups is 1. The molecule has 13 nitrogen and oxygen atoms in total. The lowest BCUT2D eigenvalue weighted by Gasteiger charge is -2.30. The van der Waals surface area contributed by atoms with Crippen LogP contribution in [0.4, 0.5) is 15.8 Å². The first-order chi connectivity index (χ1) is 24.6. The zero-order chi connectivity index (χ0) is 35.6. The van der Waals surface area contributed by atoms with Crippen molar-refractivity contribution >= 4 is 43.9 Å². The second-order valence-corrected chi connectivity index (χ2v) is 15.0. The molecule has 7 rings (SSSR count). The van der Waals surface area contributed by atoms with Gasteiger partial charge in [0.2, 0.25) is 0 Å². The number of aromatic nitrogens is 2. The maximum atomic E-state index is 15.1. The molecule has 15 heteroatoms. The number of ether oxygens (including phenoxy) is 2. The third-order valence-corrected chi connectivity index (χ3v) is 11.3. The predicted molar refractivity (Wildman–Crippen MR) is 189 cm³/mol. The summed E-state index contributed by atoms with van der Waals surface area (Å²) in [6, 6.07) is 12.3. The molecule has 2 aromatic heterocycles. The zero-order valence-electron chi connectivity index (χ0n) is 27.9. The molecule has 51 heavy (non-hydrogen) atoms. The van der Waals surface area contributed by atoms with Gasteiger partial charge in [-0.25, -0.2) is 22.5 Å². The van der Waals surface area contributed by atoms with E-state index in [1.54, 1.807) is 24.4 Å². The van der Waals surface area contributed by atoms with Crippen LogP contribution < -0.4 is 14.8 Å². The van der Waals surface area contributed by atoms with Crippen molar-refractivity contribution < 1.29 is 32.0 Å². The summed E-state index contributed by atoms with van der Waals surface area (Å²) in [5.74, 6) is -0.515. The molecule has 0 radical (unpaired) electrons. The minimum absolute atomic E-state index is 0.0446. The van der Waals surface area contributed by atoms with Gasteiger partial charge in [-0.15, -0.1) is 0 Å². The molecule has 0 bridgehead atoms. The molecule has 0 spiro atoms. The van der Waals surface area contributed by atoms with Crippen LogP contribution >= 0.6 is 0 Å². The van der Waals surface area contributed by atoms with Crippen LogP contribution in [0.3, 0.4) is 0 Å². The number of benzene rings is 2. The van der Waals surface area contributed by atoms with Crippen LogP contribution in [0.2, 0.25) is 0 Å². The van der Waals surface area contributed by atoms with Gasteiger partial charge in [0.25, 0.3) is 21.6 Å². The minimum Gasteiger partial charge on any atom is -0.455 e. The van der Waals surface area contributed by atoms with Crippen molar-refractivity contribution in [1.82, 2.24) is 19.6 Å². The van der Waals surface area contributed by atoms with Gasteiger partial charge in [0, 0.05) is 56.3 Å². The van der Waals surface area contributed by atoms with Gasteiger partial charge < -0.3 is 24.7 Å². The van der Waals surface area contributed by atoms with Crippen molar-refractivity contribution in [3.05, 3.63) is 88.2 Å².